The smallest absolute Gasteiger partial charge is 0.171 e. The standard InChI is InChI=1S/C36H58N2/c1-2-5-9-13-17-21-29-37-31-24-28-36(34-37)26-20-16-12-8-4-6-10-14-18-22-30-38-32-23-27-35(33-38)25-19-15-11-7-3-1/h1-2,23-24,27-28,31-34H,3-22,25-26,29-30H2/q+2/b2-1+. The molecule has 2 heteroatoms. The zero-order valence-corrected chi connectivity index (χ0v) is 24.6. The second kappa shape index (κ2) is 20.9. The van der Waals surface area contributed by atoms with Crippen LogP contribution in [0.3, 0.4) is 0 Å². The quantitative estimate of drug-likeness (QED) is 0.242. The highest BCUT2D eigenvalue weighted by atomic mass is 14.9. The lowest BCUT2D eigenvalue weighted by atomic mass is 10.0. The third-order valence-corrected chi connectivity index (χ3v) is 8.26. The van der Waals surface area contributed by atoms with Crippen LogP contribution in [0, 0.1) is 0 Å². The van der Waals surface area contributed by atoms with Crippen molar-refractivity contribution in [3.63, 3.8) is 0 Å². The van der Waals surface area contributed by atoms with Crippen LogP contribution in [-0.4, -0.2) is 0 Å². The molecule has 38 heavy (non-hydrogen) atoms. The molecule has 4 bridgehead atoms. The van der Waals surface area contributed by atoms with Crippen molar-refractivity contribution in [2.24, 2.45) is 0 Å². The summed E-state index contributed by atoms with van der Waals surface area (Å²) >= 11 is 0. The zero-order chi connectivity index (χ0) is 26.4. The van der Waals surface area contributed by atoms with E-state index in [2.05, 4.69) is 70.3 Å². The molecule has 0 unspecified atom stereocenters. The van der Waals surface area contributed by atoms with Crippen LogP contribution in [0.4, 0.5) is 0 Å². The van der Waals surface area contributed by atoms with Crippen LogP contribution in [0.25, 0.3) is 0 Å². The molecule has 2 nitrogen and oxygen atoms in total. The Kier molecular flexibility index (Phi) is 16.8. The summed E-state index contributed by atoms with van der Waals surface area (Å²) in [7, 11) is 0. The van der Waals surface area contributed by atoms with Crippen LogP contribution in [0.15, 0.2) is 61.2 Å². The number of pyridine rings is 2. The van der Waals surface area contributed by atoms with Gasteiger partial charge in [-0.25, -0.2) is 9.13 Å². The lowest BCUT2D eigenvalue weighted by molar-refractivity contribution is -0.697. The van der Waals surface area contributed by atoms with E-state index in [1.54, 1.807) is 0 Å². The monoisotopic (exact) mass is 518 g/mol. The maximum Gasteiger partial charge on any atom is 0.171 e. The van der Waals surface area contributed by atoms with Crippen molar-refractivity contribution in [3.8, 4) is 0 Å². The Morgan fingerprint density at radius 3 is 1.21 bits per heavy atom. The van der Waals surface area contributed by atoms with Crippen molar-refractivity contribution in [1.29, 1.82) is 0 Å². The van der Waals surface area contributed by atoms with Crippen molar-refractivity contribution in [2.75, 3.05) is 0 Å². The molecule has 3 heterocycles. The van der Waals surface area contributed by atoms with E-state index in [4.69, 9.17) is 0 Å². The van der Waals surface area contributed by atoms with E-state index in [0.717, 1.165) is 0 Å². The summed E-state index contributed by atoms with van der Waals surface area (Å²) in [6, 6.07) is 9.15. The molecule has 0 radical (unpaired) electrons. The van der Waals surface area contributed by atoms with Gasteiger partial charge in [0.05, 0.1) is 0 Å². The molecule has 2 aromatic rings. The number of fused-ring (bicyclic) bond motifs is 4. The summed E-state index contributed by atoms with van der Waals surface area (Å²) in [5, 5.41) is 0. The van der Waals surface area contributed by atoms with Crippen LogP contribution < -0.4 is 9.13 Å². The molecule has 1 aliphatic heterocycles. The van der Waals surface area contributed by atoms with Crippen LogP contribution in [-0.2, 0) is 25.9 Å². The van der Waals surface area contributed by atoms with Gasteiger partial charge in [-0.05, 0) is 76.3 Å². The van der Waals surface area contributed by atoms with Gasteiger partial charge in [0.25, 0.3) is 0 Å². The predicted molar refractivity (Wildman–Crippen MR) is 162 cm³/mol. The van der Waals surface area contributed by atoms with Crippen molar-refractivity contribution >= 4 is 0 Å². The first kappa shape index (κ1) is 30.6. The van der Waals surface area contributed by atoms with Gasteiger partial charge in [-0.1, -0.05) is 76.4 Å². The van der Waals surface area contributed by atoms with E-state index in [9.17, 15) is 0 Å². The minimum atomic E-state index is 1.17. The first-order chi connectivity index (χ1) is 18.9. The van der Waals surface area contributed by atoms with E-state index in [-0.39, 0.29) is 0 Å². The van der Waals surface area contributed by atoms with Crippen LogP contribution in [0.5, 0.6) is 0 Å². The Hall–Kier alpha value is -1.96. The lowest BCUT2D eigenvalue weighted by Gasteiger charge is -2.04. The first-order valence-electron chi connectivity index (χ1n) is 16.5. The summed E-state index contributed by atoms with van der Waals surface area (Å²) in [4.78, 5) is 0. The number of hydrogen-bond donors (Lipinski definition) is 0. The van der Waals surface area contributed by atoms with Gasteiger partial charge < -0.3 is 0 Å². The summed E-state index contributed by atoms with van der Waals surface area (Å²) in [5.41, 5.74) is 3.04. The molecule has 0 N–H and O–H groups in total. The second-order valence-corrected chi connectivity index (χ2v) is 11.8. The lowest BCUT2D eigenvalue weighted by Crippen LogP contribution is -2.33. The Morgan fingerprint density at radius 2 is 0.763 bits per heavy atom. The predicted octanol–water partition coefficient (Wildman–Crippen LogP) is 9.42. The SMILES string of the molecule is C1=C/CCCCCC[n+]2cccc(c2)CCCCCCCCCCCC[n+]2cccc(c2)CCCCCC/1. The highest BCUT2D eigenvalue weighted by Crippen LogP contribution is 2.13. The molecule has 2 aromatic heterocycles. The van der Waals surface area contributed by atoms with Gasteiger partial charge in [-0.15, -0.1) is 0 Å². The summed E-state index contributed by atoms with van der Waals surface area (Å²) in [6.45, 7) is 2.36. The topological polar surface area (TPSA) is 7.76 Å². The Labute approximate surface area is 235 Å². The van der Waals surface area contributed by atoms with Gasteiger partial charge in [0, 0.05) is 36.1 Å². The fraction of sp³-hybridized carbons (Fsp3) is 0.667. The average Bonchev–Trinajstić information content (AvgIpc) is 2.94. The van der Waals surface area contributed by atoms with Gasteiger partial charge in [0.1, 0.15) is 13.1 Å². The molecule has 0 spiro atoms. The summed E-state index contributed by atoms with van der Waals surface area (Å²) < 4.78 is 4.85. The number of nitrogens with zero attached hydrogens (tertiary/aromatic N) is 2. The van der Waals surface area contributed by atoms with E-state index in [0.29, 0.717) is 0 Å². The molecule has 1 aliphatic rings. The van der Waals surface area contributed by atoms with E-state index in [1.807, 2.05) is 0 Å². The van der Waals surface area contributed by atoms with Crippen LogP contribution >= 0.6 is 0 Å². The molecular formula is C36H58N2+2. The Bertz CT molecular complexity index is 800. The number of aromatic nitrogens is 2. The number of hydrogen-bond acceptors (Lipinski definition) is 0. The zero-order valence-electron chi connectivity index (χ0n) is 24.6. The third-order valence-electron chi connectivity index (χ3n) is 8.26. The minimum absolute atomic E-state index is 1.17. The number of rotatable bonds is 0. The van der Waals surface area contributed by atoms with E-state index < -0.39 is 0 Å². The van der Waals surface area contributed by atoms with Gasteiger partial charge in [0.15, 0.2) is 24.8 Å². The molecule has 3 rings (SSSR count). The Morgan fingerprint density at radius 1 is 0.395 bits per heavy atom. The van der Waals surface area contributed by atoms with Gasteiger partial charge >= 0.3 is 0 Å². The summed E-state index contributed by atoms with van der Waals surface area (Å²) in [5.74, 6) is 0. The third kappa shape index (κ3) is 14.8. The van der Waals surface area contributed by atoms with Crippen molar-refractivity contribution in [1.82, 2.24) is 0 Å². The fourth-order valence-corrected chi connectivity index (χ4v) is 5.85. The molecule has 0 saturated carbocycles. The summed E-state index contributed by atoms with van der Waals surface area (Å²) in [6.07, 6.45) is 43.9. The molecule has 0 atom stereocenters. The minimum Gasteiger partial charge on any atom is -0.205 e. The molecule has 0 saturated heterocycles. The van der Waals surface area contributed by atoms with Crippen molar-refractivity contribution in [3.05, 3.63) is 72.3 Å². The number of aryl methyl sites for hydroxylation is 4. The molecule has 0 aromatic carbocycles. The number of allylic oxidation sites excluding steroid dienone is 2. The second-order valence-electron chi connectivity index (χ2n) is 11.8. The van der Waals surface area contributed by atoms with Gasteiger partial charge in [-0.3, -0.25) is 0 Å². The van der Waals surface area contributed by atoms with Crippen LogP contribution in [0.1, 0.15) is 140 Å². The Balaban J connectivity index is 1.36. The average molecular weight is 519 g/mol. The van der Waals surface area contributed by atoms with Gasteiger partial charge in [0.2, 0.25) is 0 Å². The van der Waals surface area contributed by atoms with Gasteiger partial charge in [-0.2, -0.15) is 0 Å². The molecule has 0 amide bonds. The normalized spacial score (nSPS) is 20.4. The largest absolute Gasteiger partial charge is 0.205 e. The molecule has 0 aliphatic carbocycles. The molecule has 210 valence electrons. The highest BCUT2D eigenvalue weighted by molar-refractivity contribution is 5.05. The fourth-order valence-electron chi connectivity index (χ4n) is 5.85. The highest BCUT2D eigenvalue weighted by Gasteiger charge is 2.05. The maximum absolute atomic E-state index is 2.43. The first-order valence-corrected chi connectivity index (χ1v) is 16.5. The van der Waals surface area contributed by atoms with Crippen molar-refractivity contribution < 1.29 is 9.13 Å². The van der Waals surface area contributed by atoms with E-state index in [1.165, 1.54) is 165 Å². The van der Waals surface area contributed by atoms with E-state index >= 15 is 0 Å². The maximum atomic E-state index is 2.43. The molecule has 0 fully saturated rings. The van der Waals surface area contributed by atoms with Crippen LogP contribution in [0.2, 0.25) is 0 Å². The van der Waals surface area contributed by atoms with Crippen molar-refractivity contribution in [2.45, 2.75) is 154 Å². The molecular weight excluding hydrogens is 460 g/mol.